The Morgan fingerprint density at radius 1 is 1.00 bits per heavy atom. The van der Waals surface area contributed by atoms with Crippen LogP contribution in [0, 0.1) is 11.6 Å². The Morgan fingerprint density at radius 3 is 2.63 bits per heavy atom. The predicted molar refractivity (Wildman–Crippen MR) is 111 cm³/mol. The zero-order chi connectivity index (χ0) is 20.7. The van der Waals surface area contributed by atoms with E-state index in [1.165, 1.54) is 6.07 Å². The molecule has 7 heteroatoms. The van der Waals surface area contributed by atoms with Crippen molar-refractivity contribution in [3.05, 3.63) is 72.6 Å². The number of hydrogen-bond donors (Lipinski definition) is 0. The Morgan fingerprint density at radius 2 is 1.87 bits per heavy atom. The molecule has 2 aromatic heterocycles. The molecule has 3 heterocycles. The molecular weight excluding hydrogens is 386 g/mol. The van der Waals surface area contributed by atoms with Crippen molar-refractivity contribution in [3.8, 4) is 22.5 Å². The molecule has 5 rings (SSSR count). The SMILES string of the molecule is COC1CN(c2nc(-c3cccnc3)nc3cc(-c4cc(F)ccc4F)ccc23)C1. The summed E-state index contributed by atoms with van der Waals surface area (Å²) in [5, 5.41) is 0.845. The topological polar surface area (TPSA) is 51.1 Å². The van der Waals surface area contributed by atoms with Gasteiger partial charge in [-0.15, -0.1) is 0 Å². The molecule has 0 radical (unpaired) electrons. The van der Waals surface area contributed by atoms with Crippen molar-refractivity contribution in [2.75, 3.05) is 25.1 Å². The van der Waals surface area contributed by atoms with Crippen molar-refractivity contribution in [2.24, 2.45) is 0 Å². The molecule has 1 fully saturated rings. The second kappa shape index (κ2) is 7.42. The summed E-state index contributed by atoms with van der Waals surface area (Å²) in [5.74, 6) is 0.349. The lowest BCUT2D eigenvalue weighted by molar-refractivity contribution is 0.0785. The highest BCUT2D eigenvalue weighted by Crippen LogP contribution is 2.34. The van der Waals surface area contributed by atoms with Gasteiger partial charge in [0, 0.05) is 49.1 Å². The van der Waals surface area contributed by atoms with E-state index in [0.29, 0.717) is 16.9 Å². The predicted octanol–water partition coefficient (Wildman–Crippen LogP) is 4.47. The number of pyridine rings is 1. The number of nitrogens with zero attached hydrogens (tertiary/aromatic N) is 4. The molecule has 5 nitrogen and oxygen atoms in total. The van der Waals surface area contributed by atoms with E-state index < -0.39 is 11.6 Å². The van der Waals surface area contributed by atoms with Gasteiger partial charge in [0.15, 0.2) is 5.82 Å². The van der Waals surface area contributed by atoms with E-state index in [1.54, 1.807) is 31.6 Å². The van der Waals surface area contributed by atoms with Crippen LogP contribution in [0.15, 0.2) is 60.9 Å². The monoisotopic (exact) mass is 404 g/mol. The van der Waals surface area contributed by atoms with E-state index in [1.807, 2.05) is 18.2 Å². The van der Waals surface area contributed by atoms with E-state index in [2.05, 4.69) is 9.88 Å². The third kappa shape index (κ3) is 3.27. The van der Waals surface area contributed by atoms with Crippen LogP contribution in [-0.2, 0) is 4.74 Å². The van der Waals surface area contributed by atoms with Gasteiger partial charge >= 0.3 is 0 Å². The van der Waals surface area contributed by atoms with E-state index in [9.17, 15) is 8.78 Å². The summed E-state index contributed by atoms with van der Waals surface area (Å²) in [6, 6.07) is 12.5. The first-order valence-electron chi connectivity index (χ1n) is 9.58. The molecule has 1 aliphatic rings. The number of anilines is 1. The van der Waals surface area contributed by atoms with Crippen molar-refractivity contribution in [1.82, 2.24) is 15.0 Å². The van der Waals surface area contributed by atoms with Crippen LogP contribution in [0.2, 0.25) is 0 Å². The minimum atomic E-state index is -0.489. The first kappa shape index (κ1) is 18.6. The van der Waals surface area contributed by atoms with Crippen molar-refractivity contribution < 1.29 is 13.5 Å². The standard InChI is InChI=1S/C23H18F2N4O/c1-30-17-12-29(13-17)23-18-6-4-14(19-10-16(24)5-7-20(19)25)9-21(18)27-22(28-23)15-3-2-8-26-11-15/h2-11,17H,12-13H2,1H3. The third-order valence-electron chi connectivity index (χ3n) is 5.32. The molecular formula is C23H18F2N4O. The van der Waals surface area contributed by atoms with Crippen molar-refractivity contribution in [2.45, 2.75) is 6.10 Å². The number of rotatable bonds is 4. The van der Waals surface area contributed by atoms with Gasteiger partial charge in [-0.25, -0.2) is 18.7 Å². The lowest BCUT2D eigenvalue weighted by atomic mass is 10.0. The maximum absolute atomic E-state index is 14.3. The van der Waals surface area contributed by atoms with Gasteiger partial charge in [0.2, 0.25) is 0 Å². The molecule has 0 spiro atoms. The molecule has 0 atom stereocenters. The summed E-state index contributed by atoms with van der Waals surface area (Å²) in [7, 11) is 1.70. The first-order valence-corrected chi connectivity index (χ1v) is 9.58. The number of halogens is 2. The zero-order valence-electron chi connectivity index (χ0n) is 16.2. The molecule has 0 unspecified atom stereocenters. The second-order valence-corrected chi connectivity index (χ2v) is 7.23. The van der Waals surface area contributed by atoms with Gasteiger partial charge < -0.3 is 9.64 Å². The molecule has 150 valence electrons. The van der Waals surface area contributed by atoms with Crippen LogP contribution in [0.5, 0.6) is 0 Å². The Hall–Kier alpha value is -3.45. The Labute approximate surface area is 172 Å². The van der Waals surface area contributed by atoms with Gasteiger partial charge in [-0.05, 0) is 48.0 Å². The molecule has 30 heavy (non-hydrogen) atoms. The number of hydrogen-bond acceptors (Lipinski definition) is 5. The van der Waals surface area contributed by atoms with E-state index >= 15 is 0 Å². The molecule has 1 saturated heterocycles. The molecule has 2 aromatic carbocycles. The van der Waals surface area contributed by atoms with Crippen molar-refractivity contribution in [1.29, 1.82) is 0 Å². The number of methoxy groups -OCH3 is 1. The van der Waals surface area contributed by atoms with Crippen LogP contribution in [0.25, 0.3) is 33.4 Å². The van der Waals surface area contributed by atoms with Gasteiger partial charge in [0.25, 0.3) is 0 Å². The van der Waals surface area contributed by atoms with Gasteiger partial charge in [-0.2, -0.15) is 0 Å². The van der Waals surface area contributed by atoms with Crippen LogP contribution in [0.4, 0.5) is 14.6 Å². The molecule has 0 N–H and O–H groups in total. The molecule has 1 aliphatic heterocycles. The van der Waals surface area contributed by atoms with Crippen molar-refractivity contribution in [3.63, 3.8) is 0 Å². The summed E-state index contributed by atoms with van der Waals surface area (Å²) >= 11 is 0. The Bertz CT molecular complexity index is 1230. The smallest absolute Gasteiger partial charge is 0.163 e. The average Bonchev–Trinajstić information content (AvgIpc) is 2.74. The summed E-state index contributed by atoms with van der Waals surface area (Å²) in [4.78, 5) is 15.8. The molecule has 4 aromatic rings. The third-order valence-corrected chi connectivity index (χ3v) is 5.32. The minimum absolute atomic E-state index is 0.164. The van der Waals surface area contributed by atoms with Gasteiger partial charge in [0.05, 0.1) is 11.6 Å². The van der Waals surface area contributed by atoms with Crippen LogP contribution in [0.3, 0.4) is 0 Å². The second-order valence-electron chi connectivity index (χ2n) is 7.23. The van der Waals surface area contributed by atoms with Crippen molar-refractivity contribution >= 4 is 16.7 Å². The van der Waals surface area contributed by atoms with Crippen LogP contribution >= 0.6 is 0 Å². The molecule has 0 saturated carbocycles. The van der Waals surface area contributed by atoms with Gasteiger partial charge in [0.1, 0.15) is 17.5 Å². The molecule has 0 aliphatic carbocycles. The number of ether oxygens (including phenoxy) is 1. The highest BCUT2D eigenvalue weighted by Gasteiger charge is 2.29. The van der Waals surface area contributed by atoms with Crippen LogP contribution in [0.1, 0.15) is 0 Å². The van der Waals surface area contributed by atoms with Gasteiger partial charge in [-0.1, -0.05) is 6.07 Å². The summed E-state index contributed by atoms with van der Waals surface area (Å²) in [5.41, 5.74) is 2.19. The lowest BCUT2D eigenvalue weighted by Crippen LogP contribution is -2.52. The summed E-state index contributed by atoms with van der Waals surface area (Å²) in [6.45, 7) is 1.46. The summed E-state index contributed by atoms with van der Waals surface area (Å²) in [6.07, 6.45) is 3.56. The number of benzene rings is 2. The largest absolute Gasteiger partial charge is 0.378 e. The van der Waals surface area contributed by atoms with Gasteiger partial charge in [-0.3, -0.25) is 4.98 Å². The van der Waals surface area contributed by atoms with Crippen LogP contribution in [-0.4, -0.2) is 41.3 Å². The van der Waals surface area contributed by atoms with Crippen LogP contribution < -0.4 is 4.90 Å². The summed E-state index contributed by atoms with van der Waals surface area (Å²) < 4.78 is 33.4. The maximum Gasteiger partial charge on any atom is 0.163 e. The fraction of sp³-hybridized carbons (Fsp3) is 0.174. The fourth-order valence-corrected chi connectivity index (χ4v) is 3.62. The number of aromatic nitrogens is 3. The van der Waals surface area contributed by atoms with E-state index in [4.69, 9.17) is 14.7 Å². The average molecular weight is 404 g/mol. The highest BCUT2D eigenvalue weighted by molar-refractivity contribution is 5.94. The van der Waals surface area contributed by atoms with E-state index in [-0.39, 0.29) is 11.7 Å². The fourth-order valence-electron chi connectivity index (χ4n) is 3.62. The highest BCUT2D eigenvalue weighted by atomic mass is 19.1. The normalized spacial score (nSPS) is 14.2. The zero-order valence-corrected chi connectivity index (χ0v) is 16.2. The Balaban J connectivity index is 1.68. The molecule has 0 amide bonds. The lowest BCUT2D eigenvalue weighted by Gasteiger charge is -2.39. The Kier molecular flexibility index (Phi) is 4.59. The van der Waals surface area contributed by atoms with E-state index in [0.717, 1.165) is 42.0 Å². The minimum Gasteiger partial charge on any atom is -0.378 e. The maximum atomic E-state index is 14.3. The quantitative estimate of drug-likeness (QED) is 0.502. The number of fused-ring (bicyclic) bond motifs is 1. The molecule has 0 bridgehead atoms. The first-order chi connectivity index (χ1) is 14.6.